The van der Waals surface area contributed by atoms with Crippen molar-refractivity contribution in [3.05, 3.63) is 82.8 Å². The zero-order valence-corrected chi connectivity index (χ0v) is 16.7. The average molecular weight is 343 g/mol. The Labute approximate surface area is 158 Å². The monoisotopic (exact) mass is 342 g/mol. The summed E-state index contributed by atoms with van der Waals surface area (Å²) in [5, 5.41) is 5.28. The number of fused-ring (bicyclic) bond motifs is 2. The van der Waals surface area contributed by atoms with Gasteiger partial charge in [-0.2, -0.15) is 0 Å². The van der Waals surface area contributed by atoms with E-state index in [1.54, 1.807) is 0 Å². The lowest BCUT2D eigenvalue weighted by Gasteiger charge is -2.09. The van der Waals surface area contributed by atoms with Crippen LogP contribution in [-0.2, 0) is 0 Å². The Morgan fingerprint density at radius 1 is 0.769 bits per heavy atom. The van der Waals surface area contributed by atoms with Gasteiger partial charge in [0, 0.05) is 0 Å². The minimum absolute atomic E-state index is 1.00. The third kappa shape index (κ3) is 4.14. The van der Waals surface area contributed by atoms with Crippen LogP contribution in [0.2, 0.25) is 0 Å². The fourth-order valence-corrected chi connectivity index (χ4v) is 3.26. The van der Waals surface area contributed by atoms with E-state index in [4.69, 9.17) is 0 Å². The summed E-state index contributed by atoms with van der Waals surface area (Å²) < 4.78 is 0. The van der Waals surface area contributed by atoms with Crippen molar-refractivity contribution < 1.29 is 0 Å². The highest BCUT2D eigenvalue weighted by Crippen LogP contribution is 2.27. The summed E-state index contributed by atoms with van der Waals surface area (Å²) in [5.74, 6) is 0. The Balaban J connectivity index is 0.000000570. The van der Waals surface area contributed by atoms with E-state index >= 15 is 0 Å². The number of rotatable bonds is 1. The Bertz CT molecular complexity index is 1000. The van der Waals surface area contributed by atoms with E-state index in [9.17, 15) is 0 Å². The number of benzene rings is 3. The molecule has 0 unspecified atom stereocenters. The first-order chi connectivity index (χ1) is 12.8. The van der Waals surface area contributed by atoms with E-state index in [0.29, 0.717) is 0 Å². The molecule has 0 amide bonds. The fraction of sp³-hybridized carbons (Fsp3) is 0.231. The second kappa shape index (κ2) is 9.77. The van der Waals surface area contributed by atoms with E-state index in [2.05, 4.69) is 85.8 Å². The van der Waals surface area contributed by atoms with E-state index in [1.807, 2.05) is 27.7 Å². The first-order valence-corrected chi connectivity index (χ1v) is 9.79. The highest BCUT2D eigenvalue weighted by Gasteiger charge is 2.06. The zero-order valence-electron chi connectivity index (χ0n) is 16.7. The van der Waals surface area contributed by atoms with Crippen LogP contribution in [-0.4, -0.2) is 0 Å². The molecule has 0 heteroatoms. The predicted octanol–water partition coefficient (Wildman–Crippen LogP) is 6.39. The third-order valence-corrected chi connectivity index (χ3v) is 4.34. The van der Waals surface area contributed by atoms with Crippen molar-refractivity contribution in [2.75, 3.05) is 0 Å². The van der Waals surface area contributed by atoms with Gasteiger partial charge < -0.3 is 0 Å². The Kier molecular flexibility index (Phi) is 7.41. The van der Waals surface area contributed by atoms with E-state index < -0.39 is 0 Å². The number of hydrogen-bond acceptors (Lipinski definition) is 0. The first-order valence-electron chi connectivity index (χ1n) is 9.79. The smallest absolute Gasteiger partial charge is 0.00992 e. The summed E-state index contributed by atoms with van der Waals surface area (Å²) in [7, 11) is 0. The molecule has 1 aliphatic rings. The first kappa shape index (κ1) is 19.7. The zero-order chi connectivity index (χ0) is 18.9. The molecule has 134 valence electrons. The normalized spacial score (nSPS) is 11.6. The lowest BCUT2D eigenvalue weighted by molar-refractivity contribution is 1.45. The molecule has 0 bridgehead atoms. The third-order valence-electron chi connectivity index (χ3n) is 4.34. The van der Waals surface area contributed by atoms with Crippen LogP contribution in [0.25, 0.3) is 34.1 Å². The molecule has 4 rings (SSSR count). The maximum atomic E-state index is 2.30. The second-order valence-electron chi connectivity index (χ2n) is 5.87. The average Bonchev–Trinajstić information content (AvgIpc) is 2.96. The van der Waals surface area contributed by atoms with Gasteiger partial charge in [0.15, 0.2) is 0 Å². The summed E-state index contributed by atoms with van der Waals surface area (Å²) in [5.41, 5.74) is 3.93. The molecule has 0 aromatic heterocycles. The van der Waals surface area contributed by atoms with E-state index in [-0.39, 0.29) is 0 Å². The largest absolute Gasteiger partial charge is 0.0807 e. The summed E-state index contributed by atoms with van der Waals surface area (Å²) in [6.45, 7) is 10.1. The lowest BCUT2D eigenvalue weighted by atomic mass is 9.95. The van der Waals surface area contributed by atoms with Crippen LogP contribution >= 0.6 is 0 Å². The SMILES string of the molecule is CC.CC.Cc1ccc2c(-c3cccc4c3=CC=CCC=4)cccc2c1. The van der Waals surface area contributed by atoms with Gasteiger partial charge in [0.2, 0.25) is 0 Å². The van der Waals surface area contributed by atoms with Gasteiger partial charge in [-0.1, -0.05) is 112 Å². The van der Waals surface area contributed by atoms with Crippen LogP contribution in [0.15, 0.2) is 66.7 Å². The summed E-state index contributed by atoms with van der Waals surface area (Å²) in [6, 6.07) is 19.9. The van der Waals surface area contributed by atoms with Crippen molar-refractivity contribution in [1.29, 1.82) is 0 Å². The topological polar surface area (TPSA) is 0 Å². The van der Waals surface area contributed by atoms with Gasteiger partial charge in [-0.25, -0.2) is 0 Å². The van der Waals surface area contributed by atoms with Crippen LogP contribution < -0.4 is 10.4 Å². The van der Waals surface area contributed by atoms with E-state index in [1.165, 1.54) is 37.9 Å². The van der Waals surface area contributed by atoms with Gasteiger partial charge in [0.05, 0.1) is 0 Å². The van der Waals surface area contributed by atoms with Gasteiger partial charge in [-0.15, -0.1) is 0 Å². The lowest BCUT2D eigenvalue weighted by Crippen LogP contribution is -2.25. The second-order valence-corrected chi connectivity index (χ2v) is 5.87. The molecular weight excluding hydrogens is 312 g/mol. The van der Waals surface area contributed by atoms with Gasteiger partial charge >= 0.3 is 0 Å². The Morgan fingerprint density at radius 2 is 1.50 bits per heavy atom. The van der Waals surface area contributed by atoms with Crippen LogP contribution in [0.5, 0.6) is 0 Å². The summed E-state index contributed by atoms with van der Waals surface area (Å²) in [6.07, 6.45) is 9.91. The van der Waals surface area contributed by atoms with E-state index in [0.717, 1.165) is 6.42 Å². The molecule has 0 fully saturated rings. The minimum Gasteiger partial charge on any atom is -0.0807 e. The molecule has 3 aromatic rings. The van der Waals surface area contributed by atoms with Crippen molar-refractivity contribution >= 4 is 22.9 Å². The molecule has 0 nitrogen and oxygen atoms in total. The maximum Gasteiger partial charge on any atom is -0.00992 e. The van der Waals surface area contributed by atoms with Crippen molar-refractivity contribution in [1.82, 2.24) is 0 Å². The van der Waals surface area contributed by atoms with Gasteiger partial charge in [-0.05, 0) is 45.7 Å². The molecular formula is C26H30. The number of hydrogen-bond donors (Lipinski definition) is 0. The van der Waals surface area contributed by atoms with Crippen molar-refractivity contribution in [2.24, 2.45) is 0 Å². The fourth-order valence-electron chi connectivity index (χ4n) is 3.26. The highest BCUT2D eigenvalue weighted by molar-refractivity contribution is 5.97. The predicted molar refractivity (Wildman–Crippen MR) is 119 cm³/mol. The van der Waals surface area contributed by atoms with Crippen LogP contribution in [0.1, 0.15) is 39.7 Å². The van der Waals surface area contributed by atoms with Crippen molar-refractivity contribution in [3.8, 4) is 11.1 Å². The number of allylic oxidation sites excluding steroid dienone is 2. The summed E-state index contributed by atoms with van der Waals surface area (Å²) in [4.78, 5) is 0. The Morgan fingerprint density at radius 3 is 2.31 bits per heavy atom. The standard InChI is InChI=1S/C22H18.2C2H6/c1-16-13-14-20-18(15-16)9-6-12-22(20)21-11-5-8-17-7-3-2-4-10-19(17)21;2*1-2/h2,4-15H,3H2,1H3;2*1-2H3. The summed E-state index contributed by atoms with van der Waals surface area (Å²) >= 11 is 0. The molecule has 1 aliphatic carbocycles. The molecule has 26 heavy (non-hydrogen) atoms. The molecule has 0 saturated carbocycles. The molecule has 0 aliphatic heterocycles. The van der Waals surface area contributed by atoms with Crippen molar-refractivity contribution in [2.45, 2.75) is 41.0 Å². The van der Waals surface area contributed by atoms with Crippen LogP contribution in [0.3, 0.4) is 0 Å². The number of aryl methyl sites for hydroxylation is 1. The van der Waals surface area contributed by atoms with Gasteiger partial charge in [-0.3, -0.25) is 0 Å². The molecule has 0 N–H and O–H groups in total. The van der Waals surface area contributed by atoms with Crippen LogP contribution in [0.4, 0.5) is 0 Å². The van der Waals surface area contributed by atoms with Crippen molar-refractivity contribution in [3.63, 3.8) is 0 Å². The quantitative estimate of drug-likeness (QED) is 0.481. The van der Waals surface area contributed by atoms with Gasteiger partial charge in [0.25, 0.3) is 0 Å². The molecule has 0 atom stereocenters. The molecule has 0 heterocycles. The minimum atomic E-state index is 1.00. The highest BCUT2D eigenvalue weighted by atomic mass is 14.1. The molecule has 0 spiro atoms. The van der Waals surface area contributed by atoms with Gasteiger partial charge in [0.1, 0.15) is 0 Å². The molecule has 0 radical (unpaired) electrons. The van der Waals surface area contributed by atoms with Crippen LogP contribution in [0, 0.1) is 6.92 Å². The Hall–Kier alpha value is -2.60. The molecule has 0 saturated heterocycles. The molecule has 3 aromatic carbocycles. The maximum absolute atomic E-state index is 2.30.